The Morgan fingerprint density at radius 2 is 1.48 bits per heavy atom. The van der Waals surface area contributed by atoms with Crippen LogP contribution >= 0.6 is 0 Å². The molecule has 3 aromatic rings. The van der Waals surface area contributed by atoms with Gasteiger partial charge in [0.1, 0.15) is 17.3 Å². The molecule has 1 saturated heterocycles. The largest absolute Gasteiger partial charge is 0.508 e. The maximum absolute atomic E-state index is 13.5. The Morgan fingerprint density at radius 3 is 2.10 bits per heavy atom. The van der Waals surface area contributed by atoms with Crippen LogP contribution in [0.3, 0.4) is 0 Å². The van der Waals surface area contributed by atoms with Crippen LogP contribution in [0.2, 0.25) is 0 Å². The molecule has 1 fully saturated rings. The molecule has 0 spiro atoms. The van der Waals surface area contributed by atoms with Crippen molar-refractivity contribution >= 4 is 23.1 Å². The third-order valence-corrected chi connectivity index (χ3v) is 4.81. The van der Waals surface area contributed by atoms with Gasteiger partial charge in [0.05, 0.1) is 11.6 Å². The molecule has 0 bridgehead atoms. The van der Waals surface area contributed by atoms with Crippen molar-refractivity contribution in [2.45, 2.75) is 6.04 Å². The Morgan fingerprint density at radius 1 is 0.862 bits per heavy atom. The Labute approximate surface area is 166 Å². The summed E-state index contributed by atoms with van der Waals surface area (Å²) >= 11 is 0. The van der Waals surface area contributed by atoms with Crippen molar-refractivity contribution in [2.24, 2.45) is 0 Å². The molecule has 1 aliphatic rings. The summed E-state index contributed by atoms with van der Waals surface area (Å²) < 4.78 is 13.5. The van der Waals surface area contributed by atoms with Crippen molar-refractivity contribution in [1.29, 1.82) is 0 Å². The van der Waals surface area contributed by atoms with Crippen molar-refractivity contribution in [3.05, 3.63) is 101 Å². The summed E-state index contributed by atoms with van der Waals surface area (Å²) in [7, 11) is 0. The van der Waals surface area contributed by atoms with Crippen LogP contribution in [0.1, 0.15) is 17.2 Å². The summed E-state index contributed by atoms with van der Waals surface area (Å²) in [5.74, 6) is -2.41. The summed E-state index contributed by atoms with van der Waals surface area (Å²) in [5.41, 5.74) is 1.15. The van der Waals surface area contributed by atoms with Crippen LogP contribution in [-0.4, -0.2) is 21.9 Å². The molecule has 0 radical (unpaired) electrons. The predicted octanol–water partition coefficient (Wildman–Crippen LogP) is 4.16. The number of aliphatic hydroxyl groups is 1. The number of carbonyl (C=O) groups is 2. The van der Waals surface area contributed by atoms with Crippen LogP contribution in [0, 0.1) is 5.82 Å². The number of benzene rings is 3. The molecule has 4 rings (SSSR count). The van der Waals surface area contributed by atoms with Gasteiger partial charge in [-0.1, -0.05) is 42.5 Å². The van der Waals surface area contributed by atoms with Crippen LogP contribution in [0.25, 0.3) is 5.76 Å². The highest BCUT2D eigenvalue weighted by molar-refractivity contribution is 6.51. The summed E-state index contributed by atoms with van der Waals surface area (Å²) in [6.07, 6.45) is 0. The van der Waals surface area contributed by atoms with E-state index >= 15 is 0 Å². The zero-order valence-corrected chi connectivity index (χ0v) is 15.1. The molecule has 3 aromatic carbocycles. The van der Waals surface area contributed by atoms with Gasteiger partial charge in [0.25, 0.3) is 11.7 Å². The number of anilines is 1. The van der Waals surface area contributed by atoms with Crippen LogP contribution in [-0.2, 0) is 9.59 Å². The number of carbonyl (C=O) groups excluding carboxylic acids is 2. The van der Waals surface area contributed by atoms with Crippen molar-refractivity contribution in [1.82, 2.24) is 0 Å². The highest BCUT2D eigenvalue weighted by Gasteiger charge is 2.46. The smallest absolute Gasteiger partial charge is 0.300 e. The Bertz CT molecular complexity index is 1110. The van der Waals surface area contributed by atoms with Crippen molar-refractivity contribution < 1.29 is 24.2 Å². The molecule has 144 valence electrons. The SMILES string of the molecule is O=C1C(=O)N(c2ccc(O)cc2)[C@H](c2ccc(F)cc2)C1=C(O)c1ccccc1. The summed E-state index contributed by atoms with van der Waals surface area (Å²) in [6.45, 7) is 0. The highest BCUT2D eigenvalue weighted by Crippen LogP contribution is 2.42. The minimum absolute atomic E-state index is 0.00736. The molecule has 0 aliphatic carbocycles. The Kier molecular flexibility index (Phi) is 4.60. The molecule has 1 atom stereocenters. The zero-order valence-electron chi connectivity index (χ0n) is 15.1. The number of Topliss-reactive ketones (excluding diaryl/α,β-unsaturated/α-hetero) is 1. The van der Waals surface area contributed by atoms with E-state index in [2.05, 4.69) is 0 Å². The lowest BCUT2D eigenvalue weighted by atomic mass is 9.95. The standard InChI is InChI=1S/C23H16FNO4/c24-16-8-6-14(7-9-16)20-19(21(27)15-4-2-1-3-5-15)22(28)23(29)25(20)17-10-12-18(26)13-11-17/h1-13,20,26-27H/t20-/m1/s1. The number of aliphatic hydroxyl groups excluding tert-OH is 1. The third-order valence-electron chi connectivity index (χ3n) is 4.81. The lowest BCUT2D eigenvalue weighted by Gasteiger charge is -2.25. The number of hydrogen-bond acceptors (Lipinski definition) is 4. The average Bonchev–Trinajstić information content (AvgIpc) is 3.00. The van der Waals surface area contributed by atoms with Gasteiger partial charge in [0.2, 0.25) is 0 Å². The van der Waals surface area contributed by atoms with E-state index in [-0.39, 0.29) is 17.1 Å². The number of halogens is 1. The predicted molar refractivity (Wildman–Crippen MR) is 106 cm³/mol. The lowest BCUT2D eigenvalue weighted by Crippen LogP contribution is -2.29. The number of nitrogens with zero attached hydrogens (tertiary/aromatic N) is 1. The number of rotatable bonds is 3. The minimum Gasteiger partial charge on any atom is -0.508 e. The average molecular weight is 389 g/mol. The Hall–Kier alpha value is -3.93. The van der Waals surface area contributed by atoms with Crippen molar-refractivity contribution in [3.8, 4) is 5.75 Å². The van der Waals surface area contributed by atoms with E-state index in [1.807, 2.05) is 0 Å². The first-order valence-electron chi connectivity index (χ1n) is 8.88. The minimum atomic E-state index is -0.944. The number of ketones is 1. The van der Waals surface area contributed by atoms with Crippen LogP contribution in [0.5, 0.6) is 5.75 Å². The number of aromatic hydroxyl groups is 1. The molecule has 29 heavy (non-hydrogen) atoms. The number of amides is 1. The molecule has 2 N–H and O–H groups in total. The summed E-state index contributed by atoms with van der Waals surface area (Å²) in [5, 5.41) is 20.4. The molecule has 1 amide bonds. The topological polar surface area (TPSA) is 77.8 Å². The van der Waals surface area contributed by atoms with E-state index < -0.39 is 23.5 Å². The van der Waals surface area contributed by atoms with E-state index in [0.717, 1.165) is 0 Å². The quantitative estimate of drug-likeness (QED) is 0.401. The number of phenols is 1. The maximum atomic E-state index is 13.5. The zero-order chi connectivity index (χ0) is 20.5. The van der Waals surface area contributed by atoms with Gasteiger partial charge in [-0.2, -0.15) is 0 Å². The normalized spacial score (nSPS) is 18.2. The number of phenolic OH excluding ortho intramolecular Hbond substituents is 1. The molecular weight excluding hydrogens is 373 g/mol. The van der Waals surface area contributed by atoms with E-state index in [9.17, 15) is 24.2 Å². The van der Waals surface area contributed by atoms with Gasteiger partial charge in [-0.15, -0.1) is 0 Å². The first-order valence-corrected chi connectivity index (χ1v) is 8.88. The molecule has 0 aromatic heterocycles. The van der Waals surface area contributed by atoms with Gasteiger partial charge in [0, 0.05) is 11.3 Å². The van der Waals surface area contributed by atoms with E-state index in [0.29, 0.717) is 16.8 Å². The molecule has 1 heterocycles. The molecule has 1 aliphatic heterocycles. The van der Waals surface area contributed by atoms with Gasteiger partial charge in [-0.25, -0.2) is 4.39 Å². The second kappa shape index (κ2) is 7.24. The van der Waals surface area contributed by atoms with Gasteiger partial charge >= 0.3 is 0 Å². The van der Waals surface area contributed by atoms with Gasteiger partial charge in [-0.05, 0) is 42.0 Å². The fourth-order valence-electron chi connectivity index (χ4n) is 3.42. The molecule has 0 unspecified atom stereocenters. The molecular formula is C23H16FNO4. The van der Waals surface area contributed by atoms with Crippen LogP contribution in [0.15, 0.2) is 84.4 Å². The van der Waals surface area contributed by atoms with Crippen LogP contribution in [0.4, 0.5) is 10.1 Å². The third kappa shape index (κ3) is 3.25. The van der Waals surface area contributed by atoms with Gasteiger partial charge in [-0.3, -0.25) is 14.5 Å². The maximum Gasteiger partial charge on any atom is 0.300 e. The second-order valence-electron chi connectivity index (χ2n) is 6.60. The second-order valence-corrected chi connectivity index (χ2v) is 6.60. The summed E-state index contributed by atoms with van der Waals surface area (Å²) in [6, 6.07) is 18.7. The van der Waals surface area contributed by atoms with E-state index in [1.54, 1.807) is 30.3 Å². The lowest BCUT2D eigenvalue weighted by molar-refractivity contribution is -0.132. The fourth-order valence-corrected chi connectivity index (χ4v) is 3.42. The first kappa shape index (κ1) is 18.4. The summed E-state index contributed by atoms with van der Waals surface area (Å²) in [4.78, 5) is 27.0. The molecule has 5 nitrogen and oxygen atoms in total. The van der Waals surface area contributed by atoms with E-state index in [4.69, 9.17) is 0 Å². The number of hydrogen-bond donors (Lipinski definition) is 2. The first-order chi connectivity index (χ1) is 14.0. The monoisotopic (exact) mass is 389 g/mol. The Balaban J connectivity index is 1.94. The van der Waals surface area contributed by atoms with Crippen molar-refractivity contribution in [2.75, 3.05) is 4.90 Å². The highest BCUT2D eigenvalue weighted by atomic mass is 19.1. The van der Waals surface area contributed by atoms with E-state index in [1.165, 1.54) is 53.4 Å². The van der Waals surface area contributed by atoms with Crippen molar-refractivity contribution in [3.63, 3.8) is 0 Å². The molecule has 0 saturated carbocycles. The van der Waals surface area contributed by atoms with Gasteiger partial charge in [0.15, 0.2) is 0 Å². The molecule has 6 heteroatoms. The van der Waals surface area contributed by atoms with Crippen LogP contribution < -0.4 is 4.90 Å². The van der Waals surface area contributed by atoms with Gasteiger partial charge < -0.3 is 10.2 Å². The fraction of sp³-hybridized carbons (Fsp3) is 0.0435.